The molecule has 2 fully saturated rings. The molecule has 0 spiro atoms. The molecular weight excluding hydrogens is 532 g/mol. The fourth-order valence-electron chi connectivity index (χ4n) is 6.47. The highest BCUT2D eigenvalue weighted by molar-refractivity contribution is 7.18. The molecule has 2 aliphatic heterocycles. The van der Waals surface area contributed by atoms with Gasteiger partial charge in [0.25, 0.3) is 0 Å². The summed E-state index contributed by atoms with van der Waals surface area (Å²) in [7, 11) is 4.28. The SMILES string of the molecule is C=C(CCn1cc(N(C)c2ncc3cc(C)c(C4CCN(C(C)(CC)CC)CC4)cc3n2)cn1)CN1CC(F)(P)C1. The van der Waals surface area contributed by atoms with Crippen LogP contribution in [0.3, 0.4) is 0 Å². The van der Waals surface area contributed by atoms with Gasteiger partial charge in [-0.15, -0.1) is 0 Å². The second-order valence-corrected chi connectivity index (χ2v) is 13.6. The van der Waals surface area contributed by atoms with E-state index in [1.807, 2.05) is 35.2 Å². The number of anilines is 2. The van der Waals surface area contributed by atoms with E-state index in [9.17, 15) is 4.39 Å². The number of nitrogens with zero attached hydrogens (tertiary/aromatic N) is 7. The number of halogens is 1. The van der Waals surface area contributed by atoms with Gasteiger partial charge in [-0.25, -0.2) is 14.4 Å². The molecule has 0 N–H and O–H groups in total. The Hall–Kier alpha value is -2.41. The van der Waals surface area contributed by atoms with E-state index in [2.05, 4.69) is 75.5 Å². The number of rotatable bonds is 11. The molecule has 9 heteroatoms. The van der Waals surface area contributed by atoms with Crippen LogP contribution in [0.2, 0.25) is 0 Å². The van der Waals surface area contributed by atoms with Crippen molar-refractivity contribution in [2.45, 2.75) is 83.2 Å². The van der Waals surface area contributed by atoms with Crippen LogP contribution in [0, 0.1) is 6.92 Å². The minimum atomic E-state index is -1.13. The average Bonchev–Trinajstić information content (AvgIpc) is 3.43. The summed E-state index contributed by atoms with van der Waals surface area (Å²) in [6.07, 6.45) is 11.4. The zero-order valence-electron chi connectivity index (χ0n) is 25.5. The zero-order valence-corrected chi connectivity index (χ0v) is 26.7. The Morgan fingerprint density at radius 3 is 2.56 bits per heavy atom. The van der Waals surface area contributed by atoms with E-state index in [-0.39, 0.29) is 0 Å². The number of aryl methyl sites for hydroxylation is 2. The van der Waals surface area contributed by atoms with Crippen molar-refractivity contribution in [2.75, 3.05) is 44.7 Å². The molecule has 1 atom stereocenters. The Morgan fingerprint density at radius 1 is 1.20 bits per heavy atom. The molecule has 2 aromatic heterocycles. The Bertz CT molecular complexity index is 1370. The number of piperidine rings is 1. The predicted molar refractivity (Wildman–Crippen MR) is 171 cm³/mol. The zero-order chi connectivity index (χ0) is 29.4. The highest BCUT2D eigenvalue weighted by Crippen LogP contribution is 2.36. The highest BCUT2D eigenvalue weighted by Gasteiger charge is 2.38. The largest absolute Gasteiger partial charge is 0.311 e. The molecule has 1 unspecified atom stereocenters. The normalized spacial score (nSPS) is 18.5. The molecule has 2 aliphatic rings. The number of likely N-dealkylation sites (tertiary alicyclic amines) is 2. The Kier molecular flexibility index (Phi) is 8.84. The number of benzene rings is 1. The summed E-state index contributed by atoms with van der Waals surface area (Å²) in [5.74, 6) is 1.23. The number of hydrogen-bond donors (Lipinski definition) is 0. The van der Waals surface area contributed by atoms with E-state index >= 15 is 0 Å². The van der Waals surface area contributed by atoms with Crippen molar-refractivity contribution in [1.82, 2.24) is 29.5 Å². The summed E-state index contributed by atoms with van der Waals surface area (Å²) >= 11 is 0. The second kappa shape index (κ2) is 12.1. The Morgan fingerprint density at radius 2 is 1.90 bits per heavy atom. The molecule has 7 nitrogen and oxygen atoms in total. The minimum Gasteiger partial charge on any atom is -0.311 e. The van der Waals surface area contributed by atoms with Gasteiger partial charge in [0.15, 0.2) is 0 Å². The first-order valence-electron chi connectivity index (χ1n) is 15.2. The van der Waals surface area contributed by atoms with E-state index < -0.39 is 5.41 Å². The highest BCUT2D eigenvalue weighted by atomic mass is 31.0. The van der Waals surface area contributed by atoms with Gasteiger partial charge >= 0.3 is 0 Å². The van der Waals surface area contributed by atoms with Crippen molar-refractivity contribution in [3.63, 3.8) is 0 Å². The number of alkyl halides is 1. The molecule has 0 saturated carbocycles. The lowest BCUT2D eigenvalue weighted by atomic mass is 9.83. The van der Waals surface area contributed by atoms with Crippen molar-refractivity contribution >= 4 is 31.8 Å². The third kappa shape index (κ3) is 6.65. The lowest BCUT2D eigenvalue weighted by Gasteiger charge is -2.44. The van der Waals surface area contributed by atoms with Crippen molar-refractivity contribution in [3.05, 3.63) is 54.0 Å². The Balaban J connectivity index is 1.23. The topological polar surface area (TPSA) is 53.3 Å². The molecule has 2 saturated heterocycles. The van der Waals surface area contributed by atoms with Crippen LogP contribution in [0.1, 0.15) is 69.9 Å². The summed E-state index contributed by atoms with van der Waals surface area (Å²) in [6, 6.07) is 4.56. The Labute approximate surface area is 247 Å². The van der Waals surface area contributed by atoms with Gasteiger partial charge in [0.05, 0.1) is 17.4 Å². The average molecular weight is 580 g/mol. The minimum absolute atomic E-state index is 0.310. The standard InChI is InChI=1S/C32H47FN7P/c1-7-31(5,8-2)39-12-10-25(11-13-39)28-16-29-26(15-24(28)4)17-34-30(36-29)37(6)27-18-35-40(20-27)14-9-23(3)19-38-21-32(33,41)22-38/h15-18,20,25H,3,7-14,19,21-22,41H2,1-2,4-6H3. The smallest absolute Gasteiger partial charge is 0.230 e. The van der Waals surface area contributed by atoms with E-state index in [4.69, 9.17) is 4.98 Å². The third-order valence-corrected chi connectivity index (χ3v) is 9.96. The summed E-state index contributed by atoms with van der Waals surface area (Å²) in [5, 5.41) is 4.50. The van der Waals surface area contributed by atoms with Gasteiger partial charge in [0.1, 0.15) is 5.41 Å². The first-order chi connectivity index (χ1) is 19.5. The molecule has 0 aliphatic carbocycles. The number of fused-ring (bicyclic) bond motifs is 1. The molecule has 3 aromatic rings. The van der Waals surface area contributed by atoms with Gasteiger partial charge in [0.2, 0.25) is 5.95 Å². The van der Waals surface area contributed by atoms with E-state index in [1.165, 1.54) is 36.8 Å². The maximum Gasteiger partial charge on any atom is 0.230 e. The van der Waals surface area contributed by atoms with Gasteiger partial charge in [-0.3, -0.25) is 14.5 Å². The molecular formula is C32H47FN7P. The molecule has 0 radical (unpaired) electrons. The molecule has 5 rings (SSSR count). The predicted octanol–water partition coefficient (Wildman–Crippen LogP) is 6.46. The second-order valence-electron chi connectivity index (χ2n) is 12.6. The fourth-order valence-corrected chi connectivity index (χ4v) is 6.98. The van der Waals surface area contributed by atoms with E-state index in [0.717, 1.165) is 54.8 Å². The first-order valence-corrected chi connectivity index (χ1v) is 15.7. The lowest BCUT2D eigenvalue weighted by Crippen LogP contribution is -2.55. The van der Waals surface area contributed by atoms with Crippen molar-refractivity contribution in [1.29, 1.82) is 0 Å². The summed E-state index contributed by atoms with van der Waals surface area (Å²) in [5.41, 5.74) is 6.11. The summed E-state index contributed by atoms with van der Waals surface area (Å²) < 4.78 is 15.6. The quantitative estimate of drug-likeness (QED) is 0.192. The van der Waals surface area contributed by atoms with Crippen LogP contribution >= 0.6 is 9.24 Å². The maximum atomic E-state index is 13.7. The molecule has 1 aromatic carbocycles. The molecule has 41 heavy (non-hydrogen) atoms. The van der Waals surface area contributed by atoms with E-state index in [0.29, 0.717) is 30.5 Å². The maximum absolute atomic E-state index is 13.7. The van der Waals surface area contributed by atoms with Crippen LogP contribution in [0.4, 0.5) is 16.0 Å². The van der Waals surface area contributed by atoms with Crippen LogP contribution in [-0.2, 0) is 6.54 Å². The summed E-state index contributed by atoms with van der Waals surface area (Å²) in [4.78, 5) is 16.5. The summed E-state index contributed by atoms with van der Waals surface area (Å²) in [6.45, 7) is 18.2. The molecule has 4 heterocycles. The fraction of sp³-hybridized carbons (Fsp3) is 0.594. The van der Waals surface area contributed by atoms with Gasteiger partial charge in [-0.2, -0.15) is 5.10 Å². The number of hydrogen-bond acceptors (Lipinski definition) is 6. The van der Waals surface area contributed by atoms with Gasteiger partial charge < -0.3 is 4.90 Å². The van der Waals surface area contributed by atoms with E-state index in [1.54, 1.807) is 0 Å². The first kappa shape index (κ1) is 30.1. The monoisotopic (exact) mass is 579 g/mol. The van der Waals surface area contributed by atoms with Crippen LogP contribution in [0.5, 0.6) is 0 Å². The van der Waals surface area contributed by atoms with Gasteiger partial charge in [-0.1, -0.05) is 35.2 Å². The number of aromatic nitrogens is 4. The third-order valence-electron chi connectivity index (χ3n) is 9.60. The van der Waals surface area contributed by atoms with Crippen molar-refractivity contribution in [2.24, 2.45) is 0 Å². The van der Waals surface area contributed by atoms with Crippen molar-refractivity contribution < 1.29 is 4.39 Å². The van der Waals surface area contributed by atoms with Gasteiger partial charge in [0, 0.05) is 56.5 Å². The van der Waals surface area contributed by atoms with Crippen LogP contribution < -0.4 is 4.90 Å². The van der Waals surface area contributed by atoms with Crippen molar-refractivity contribution in [3.8, 4) is 0 Å². The van der Waals surface area contributed by atoms with Gasteiger partial charge in [-0.05, 0) is 88.2 Å². The van der Waals surface area contributed by atoms with Crippen LogP contribution in [-0.4, -0.2) is 80.3 Å². The van der Waals surface area contributed by atoms with Crippen LogP contribution in [0.15, 0.2) is 42.9 Å². The molecule has 222 valence electrons. The molecule has 0 bridgehead atoms. The molecule has 0 amide bonds. The lowest BCUT2D eigenvalue weighted by molar-refractivity contribution is 0.0454. The van der Waals surface area contributed by atoms with Crippen LogP contribution in [0.25, 0.3) is 10.9 Å².